The molecular formula is C6H14CaO10. The van der Waals surface area contributed by atoms with Gasteiger partial charge in [0.1, 0.15) is 12.2 Å². The van der Waals surface area contributed by atoms with E-state index in [2.05, 4.69) is 0 Å². The number of hydrogen-bond acceptors (Lipinski definition) is 8. The Morgan fingerprint density at radius 3 is 1.06 bits per heavy atom. The van der Waals surface area contributed by atoms with Crippen molar-refractivity contribution >= 4 is 49.7 Å². The zero-order valence-electron chi connectivity index (χ0n) is 8.70. The maximum Gasteiger partial charge on any atom is 2.00 e. The molecule has 0 saturated carbocycles. The van der Waals surface area contributed by atoms with Gasteiger partial charge in [0.05, 0.1) is 25.2 Å². The summed E-state index contributed by atoms with van der Waals surface area (Å²) >= 11 is 0. The van der Waals surface area contributed by atoms with Crippen LogP contribution in [0.25, 0.3) is 0 Å². The molecular weight excluding hydrogens is 272 g/mol. The molecule has 0 aliphatic carbocycles. The Bertz CT molecular complexity index is 166. The SMILES string of the molecule is O.O.O=C([O-])[C@H](O)CO.O=C([O-])[C@H](O)CO.[Ca+2]. The molecule has 0 unspecified atom stereocenters. The van der Waals surface area contributed by atoms with E-state index in [4.69, 9.17) is 20.4 Å². The maximum atomic E-state index is 9.41. The van der Waals surface area contributed by atoms with Gasteiger partial charge in [-0.15, -0.1) is 0 Å². The summed E-state index contributed by atoms with van der Waals surface area (Å²) in [6, 6.07) is 0. The fourth-order valence-electron chi connectivity index (χ4n) is 0.149. The third kappa shape index (κ3) is 21.7. The predicted molar refractivity (Wildman–Crippen MR) is 49.2 cm³/mol. The summed E-state index contributed by atoms with van der Waals surface area (Å²) in [4.78, 5) is 18.8. The molecule has 0 aromatic carbocycles. The number of carbonyl (C=O) groups is 2. The molecule has 17 heavy (non-hydrogen) atoms. The zero-order chi connectivity index (χ0) is 11.7. The Kier molecular flexibility index (Phi) is 32.6. The molecule has 0 rings (SSSR count). The molecule has 0 radical (unpaired) electrons. The Hall–Kier alpha value is -0.0403. The minimum absolute atomic E-state index is 0. The molecule has 0 aliphatic rings. The van der Waals surface area contributed by atoms with Crippen LogP contribution < -0.4 is 10.2 Å². The van der Waals surface area contributed by atoms with E-state index in [-0.39, 0.29) is 48.7 Å². The maximum absolute atomic E-state index is 9.41. The fourth-order valence-corrected chi connectivity index (χ4v) is 0.149. The number of carboxylic acid groups (broad SMARTS) is 2. The molecule has 10 nitrogen and oxygen atoms in total. The Labute approximate surface area is 126 Å². The summed E-state index contributed by atoms with van der Waals surface area (Å²) in [6.45, 7) is -1.58. The number of aliphatic carboxylic acids is 2. The molecule has 2 atom stereocenters. The van der Waals surface area contributed by atoms with E-state index in [9.17, 15) is 19.8 Å². The topological polar surface area (TPSA) is 224 Å². The van der Waals surface area contributed by atoms with Crippen molar-refractivity contribution in [3.8, 4) is 0 Å². The number of carboxylic acids is 2. The van der Waals surface area contributed by atoms with Crippen molar-refractivity contribution in [1.82, 2.24) is 0 Å². The van der Waals surface area contributed by atoms with Gasteiger partial charge in [-0.3, -0.25) is 0 Å². The van der Waals surface area contributed by atoms with Crippen LogP contribution in [0.15, 0.2) is 0 Å². The van der Waals surface area contributed by atoms with Gasteiger partial charge in [-0.2, -0.15) is 0 Å². The third-order valence-corrected chi connectivity index (χ3v) is 0.890. The van der Waals surface area contributed by atoms with E-state index in [0.717, 1.165) is 0 Å². The smallest absolute Gasteiger partial charge is 0.547 e. The summed E-state index contributed by atoms with van der Waals surface area (Å²) in [7, 11) is 0. The first kappa shape index (κ1) is 30.2. The first-order valence-corrected chi connectivity index (χ1v) is 3.36. The second kappa shape index (κ2) is 18.3. The first-order chi connectivity index (χ1) is 6.36. The normalized spacial score (nSPS) is 11.1. The zero-order valence-corrected chi connectivity index (χ0v) is 10.9. The molecule has 11 heteroatoms. The Morgan fingerprint density at radius 2 is 1.06 bits per heavy atom. The van der Waals surface area contributed by atoms with Crippen molar-refractivity contribution in [3.63, 3.8) is 0 Å². The van der Waals surface area contributed by atoms with E-state index in [0.29, 0.717) is 0 Å². The number of rotatable bonds is 4. The number of aliphatic hydroxyl groups excluding tert-OH is 4. The fraction of sp³-hybridized carbons (Fsp3) is 0.667. The van der Waals surface area contributed by atoms with Crippen LogP contribution in [0.3, 0.4) is 0 Å². The van der Waals surface area contributed by atoms with Crippen LogP contribution in [-0.2, 0) is 9.59 Å². The minimum atomic E-state index is -1.74. The van der Waals surface area contributed by atoms with Crippen LogP contribution in [0.5, 0.6) is 0 Å². The summed E-state index contributed by atoms with van der Waals surface area (Å²) in [5.74, 6) is -3.30. The predicted octanol–water partition coefficient (Wildman–Crippen LogP) is -7.85. The average molecular weight is 286 g/mol. The van der Waals surface area contributed by atoms with Gasteiger partial charge >= 0.3 is 37.7 Å². The van der Waals surface area contributed by atoms with Gasteiger partial charge in [-0.25, -0.2) is 0 Å². The quantitative estimate of drug-likeness (QED) is 0.362. The third-order valence-electron chi connectivity index (χ3n) is 0.890. The van der Waals surface area contributed by atoms with Crippen molar-refractivity contribution in [1.29, 1.82) is 0 Å². The Morgan fingerprint density at radius 1 is 0.882 bits per heavy atom. The summed E-state index contributed by atoms with van der Waals surface area (Å²) in [6.07, 6.45) is -3.47. The molecule has 0 aromatic rings. The summed E-state index contributed by atoms with van der Waals surface area (Å²) < 4.78 is 0. The number of carbonyl (C=O) groups excluding carboxylic acids is 2. The van der Waals surface area contributed by atoms with Crippen LogP contribution in [0, 0.1) is 0 Å². The van der Waals surface area contributed by atoms with Crippen molar-refractivity contribution in [2.24, 2.45) is 0 Å². The molecule has 100 valence electrons. The first-order valence-electron chi connectivity index (χ1n) is 3.36. The molecule has 0 aromatic heterocycles. The van der Waals surface area contributed by atoms with E-state index < -0.39 is 37.4 Å². The second-order valence-electron chi connectivity index (χ2n) is 2.03. The molecule has 0 spiro atoms. The molecule has 0 heterocycles. The molecule has 0 saturated heterocycles. The van der Waals surface area contributed by atoms with Crippen molar-refractivity contribution in [2.45, 2.75) is 12.2 Å². The molecule has 8 N–H and O–H groups in total. The van der Waals surface area contributed by atoms with Crippen molar-refractivity contribution in [2.75, 3.05) is 13.2 Å². The van der Waals surface area contributed by atoms with Gasteiger partial charge < -0.3 is 51.2 Å². The molecule has 0 fully saturated rings. The Balaban J connectivity index is -0.0000000480. The number of aliphatic hydroxyl groups is 4. The van der Waals surface area contributed by atoms with Crippen LogP contribution in [-0.4, -0.2) is 106 Å². The largest absolute Gasteiger partial charge is 2.00 e. The van der Waals surface area contributed by atoms with E-state index in [1.54, 1.807) is 0 Å². The van der Waals surface area contributed by atoms with Gasteiger partial charge in [-0.1, -0.05) is 0 Å². The standard InChI is InChI=1S/2C3H6O4.Ca.2H2O/c2*4-1-2(5)3(6)7;;;/h2*2,4-5H,1H2,(H,6,7);;2*1H2/q;;+2;;/p-2/t2*2-;;;/m11.../s1. The second-order valence-corrected chi connectivity index (χ2v) is 2.03. The van der Waals surface area contributed by atoms with Gasteiger partial charge in [0.2, 0.25) is 0 Å². The van der Waals surface area contributed by atoms with Crippen LogP contribution in [0.1, 0.15) is 0 Å². The van der Waals surface area contributed by atoms with Crippen LogP contribution >= 0.6 is 0 Å². The number of hydrogen-bond donors (Lipinski definition) is 4. The van der Waals surface area contributed by atoms with Crippen molar-refractivity contribution < 1.29 is 51.2 Å². The molecule has 0 amide bonds. The summed E-state index contributed by atoms with van der Waals surface area (Å²) in [5.41, 5.74) is 0. The van der Waals surface area contributed by atoms with E-state index in [1.165, 1.54) is 0 Å². The van der Waals surface area contributed by atoms with Crippen molar-refractivity contribution in [3.05, 3.63) is 0 Å². The van der Waals surface area contributed by atoms with Gasteiger partial charge in [0, 0.05) is 0 Å². The average Bonchev–Trinajstić information content (AvgIpc) is 2.15. The van der Waals surface area contributed by atoms with Crippen LogP contribution in [0.4, 0.5) is 0 Å². The van der Waals surface area contributed by atoms with Gasteiger partial charge in [0.15, 0.2) is 0 Å². The van der Waals surface area contributed by atoms with Gasteiger partial charge in [0.25, 0.3) is 0 Å². The summed E-state index contributed by atoms with van der Waals surface area (Å²) in [5, 5.41) is 50.5. The van der Waals surface area contributed by atoms with E-state index in [1.807, 2.05) is 0 Å². The molecule has 0 bridgehead atoms. The van der Waals surface area contributed by atoms with E-state index >= 15 is 0 Å². The monoisotopic (exact) mass is 286 g/mol. The molecule has 0 aliphatic heterocycles. The minimum Gasteiger partial charge on any atom is -0.547 e. The van der Waals surface area contributed by atoms with Crippen LogP contribution in [0.2, 0.25) is 0 Å². The van der Waals surface area contributed by atoms with Gasteiger partial charge in [-0.05, 0) is 0 Å².